The van der Waals surface area contributed by atoms with E-state index >= 15 is 0 Å². The maximum absolute atomic E-state index is 13.4. The Labute approximate surface area is 195 Å². The van der Waals surface area contributed by atoms with Crippen LogP contribution in [0.5, 0.6) is 0 Å². The highest BCUT2D eigenvalue weighted by atomic mass is 35.5. The number of hydrogen-bond acceptors (Lipinski definition) is 4. The first-order valence-electron chi connectivity index (χ1n) is 10.7. The number of sulfonamides is 1. The van der Waals surface area contributed by atoms with Gasteiger partial charge in [-0.15, -0.1) is 0 Å². The van der Waals surface area contributed by atoms with E-state index in [2.05, 4.69) is 4.72 Å². The van der Waals surface area contributed by atoms with Gasteiger partial charge in [-0.3, -0.25) is 9.59 Å². The van der Waals surface area contributed by atoms with Gasteiger partial charge in [-0.2, -0.15) is 4.72 Å². The number of ketones is 1. The molecule has 1 radical (unpaired) electrons. The summed E-state index contributed by atoms with van der Waals surface area (Å²) >= 11 is 6.01. The SMILES string of the molecule is CC(C)C[C@@H](NS(=O)(=O)c1ccccc1)C(=O)N1CCC[C@H]1C(=O)[CH]c1cccc(Cl)c1. The molecule has 0 aliphatic carbocycles. The maximum atomic E-state index is 13.4. The summed E-state index contributed by atoms with van der Waals surface area (Å²) in [4.78, 5) is 28.0. The van der Waals surface area contributed by atoms with Crippen LogP contribution in [0.15, 0.2) is 59.5 Å². The smallest absolute Gasteiger partial charge is 0.241 e. The molecule has 2 aromatic carbocycles. The zero-order valence-corrected chi connectivity index (χ0v) is 19.8. The average molecular weight is 476 g/mol. The summed E-state index contributed by atoms with van der Waals surface area (Å²) in [5.74, 6) is -0.474. The first-order chi connectivity index (χ1) is 15.2. The fourth-order valence-electron chi connectivity index (χ4n) is 3.91. The molecule has 1 heterocycles. The Morgan fingerprint density at radius 3 is 2.53 bits per heavy atom. The zero-order valence-electron chi connectivity index (χ0n) is 18.2. The normalized spacial score (nSPS) is 17.5. The molecule has 1 N–H and O–H groups in total. The Kier molecular flexibility index (Phi) is 8.09. The summed E-state index contributed by atoms with van der Waals surface area (Å²) in [6.07, 6.45) is 3.06. The third kappa shape index (κ3) is 6.18. The van der Waals surface area contributed by atoms with Gasteiger partial charge in [0, 0.05) is 11.6 Å². The zero-order chi connectivity index (χ0) is 23.3. The van der Waals surface area contributed by atoms with E-state index in [-0.39, 0.29) is 22.5 Å². The van der Waals surface area contributed by atoms with Crippen LogP contribution < -0.4 is 4.72 Å². The minimum atomic E-state index is -3.88. The molecule has 2 aromatic rings. The van der Waals surface area contributed by atoms with Crippen molar-refractivity contribution in [1.82, 2.24) is 9.62 Å². The van der Waals surface area contributed by atoms with Gasteiger partial charge in [0.05, 0.1) is 17.4 Å². The number of benzene rings is 2. The first kappa shape index (κ1) is 24.4. The lowest BCUT2D eigenvalue weighted by Gasteiger charge is -2.29. The quantitative estimate of drug-likeness (QED) is 0.597. The molecule has 8 heteroatoms. The number of nitrogens with one attached hydrogen (secondary N) is 1. The van der Waals surface area contributed by atoms with E-state index in [1.54, 1.807) is 42.5 Å². The lowest BCUT2D eigenvalue weighted by atomic mass is 10.00. The fraction of sp³-hybridized carbons (Fsp3) is 0.375. The Balaban J connectivity index is 1.78. The molecule has 171 valence electrons. The second kappa shape index (κ2) is 10.6. The van der Waals surface area contributed by atoms with Gasteiger partial charge in [0.2, 0.25) is 15.9 Å². The van der Waals surface area contributed by atoms with Gasteiger partial charge in [-0.1, -0.05) is 55.8 Å². The van der Waals surface area contributed by atoms with Gasteiger partial charge in [0.25, 0.3) is 0 Å². The van der Waals surface area contributed by atoms with E-state index in [9.17, 15) is 18.0 Å². The Bertz CT molecular complexity index is 1060. The number of rotatable bonds is 9. The number of halogens is 1. The van der Waals surface area contributed by atoms with E-state index in [1.807, 2.05) is 13.8 Å². The molecule has 0 saturated carbocycles. The molecule has 6 nitrogen and oxygen atoms in total. The van der Waals surface area contributed by atoms with Crippen LogP contribution in [0.3, 0.4) is 0 Å². The van der Waals surface area contributed by atoms with E-state index < -0.39 is 22.1 Å². The number of nitrogens with zero attached hydrogens (tertiary/aromatic N) is 1. The molecule has 0 spiro atoms. The van der Waals surface area contributed by atoms with Crippen LogP contribution in [0.25, 0.3) is 0 Å². The van der Waals surface area contributed by atoms with Crippen molar-refractivity contribution in [2.75, 3.05) is 6.54 Å². The summed E-state index contributed by atoms with van der Waals surface area (Å²) in [7, 11) is -3.88. The third-order valence-corrected chi connectivity index (χ3v) is 7.10. The summed E-state index contributed by atoms with van der Waals surface area (Å²) in [6.45, 7) is 4.27. The standard InChI is InChI=1S/C24H28ClN2O4S/c1-17(2)14-21(26-32(30,31)20-10-4-3-5-11-20)24(29)27-13-7-12-22(27)23(28)16-18-8-6-9-19(25)15-18/h3-6,8-11,15-17,21-22,26H,7,12-14H2,1-2H3/t21-,22+/m1/s1. The van der Waals surface area contributed by atoms with E-state index in [0.29, 0.717) is 36.4 Å². The van der Waals surface area contributed by atoms with Crippen molar-refractivity contribution < 1.29 is 18.0 Å². The van der Waals surface area contributed by atoms with Gasteiger partial charge >= 0.3 is 0 Å². The first-order valence-corrected chi connectivity index (χ1v) is 12.6. The largest absolute Gasteiger partial charge is 0.331 e. The molecule has 1 fully saturated rings. The highest BCUT2D eigenvalue weighted by Crippen LogP contribution is 2.24. The lowest BCUT2D eigenvalue weighted by molar-refractivity contribution is -0.138. The van der Waals surface area contributed by atoms with Crippen LogP contribution in [0, 0.1) is 12.3 Å². The van der Waals surface area contributed by atoms with Crippen molar-refractivity contribution >= 4 is 33.3 Å². The molecule has 1 aliphatic heterocycles. The average Bonchev–Trinajstić information content (AvgIpc) is 3.23. The van der Waals surface area contributed by atoms with Crippen LogP contribution in [-0.2, 0) is 19.6 Å². The molecule has 3 rings (SSSR count). The molecule has 0 aromatic heterocycles. The van der Waals surface area contributed by atoms with Crippen LogP contribution in [-0.4, -0.2) is 43.6 Å². The summed E-state index contributed by atoms with van der Waals surface area (Å²) in [5.41, 5.74) is 0.672. The molecular formula is C24H28ClN2O4S. The second-order valence-electron chi connectivity index (χ2n) is 8.41. The van der Waals surface area contributed by atoms with Crippen molar-refractivity contribution in [2.24, 2.45) is 5.92 Å². The highest BCUT2D eigenvalue weighted by Gasteiger charge is 2.38. The van der Waals surface area contributed by atoms with Gasteiger partial charge in [-0.25, -0.2) is 8.42 Å². The monoisotopic (exact) mass is 475 g/mol. The van der Waals surface area contributed by atoms with Crippen LogP contribution in [0.2, 0.25) is 5.02 Å². The van der Waals surface area contributed by atoms with E-state index in [4.69, 9.17) is 11.6 Å². The number of carbonyl (C=O) groups excluding carboxylic acids is 2. The Morgan fingerprint density at radius 1 is 1.16 bits per heavy atom. The van der Waals surface area contributed by atoms with E-state index in [1.165, 1.54) is 23.5 Å². The van der Waals surface area contributed by atoms with E-state index in [0.717, 1.165) is 0 Å². The number of carbonyl (C=O) groups is 2. The number of likely N-dealkylation sites (tertiary alicyclic amines) is 1. The fourth-order valence-corrected chi connectivity index (χ4v) is 5.33. The molecule has 1 amide bonds. The minimum absolute atomic E-state index is 0.0807. The van der Waals surface area contributed by atoms with Crippen molar-refractivity contribution in [3.05, 3.63) is 71.6 Å². The Morgan fingerprint density at radius 2 is 1.88 bits per heavy atom. The molecule has 2 atom stereocenters. The predicted octanol–water partition coefficient (Wildman–Crippen LogP) is 3.85. The number of amides is 1. The second-order valence-corrected chi connectivity index (χ2v) is 10.6. The molecular weight excluding hydrogens is 448 g/mol. The third-order valence-electron chi connectivity index (χ3n) is 5.38. The minimum Gasteiger partial charge on any atom is -0.331 e. The summed E-state index contributed by atoms with van der Waals surface area (Å²) < 4.78 is 28.3. The van der Waals surface area contributed by atoms with Gasteiger partial charge in [-0.05, 0) is 55.0 Å². The van der Waals surface area contributed by atoms with Crippen molar-refractivity contribution in [3.63, 3.8) is 0 Å². The molecule has 32 heavy (non-hydrogen) atoms. The number of Topliss-reactive ketones (excluding diaryl/α,β-unsaturated/α-hetero) is 1. The highest BCUT2D eigenvalue weighted by molar-refractivity contribution is 7.89. The molecule has 1 saturated heterocycles. The Hall–Kier alpha value is -2.22. The van der Waals surface area contributed by atoms with Gasteiger partial charge < -0.3 is 4.90 Å². The predicted molar refractivity (Wildman–Crippen MR) is 125 cm³/mol. The summed E-state index contributed by atoms with van der Waals surface area (Å²) in [6, 6.07) is 13.4. The lowest BCUT2D eigenvalue weighted by Crippen LogP contribution is -2.52. The summed E-state index contributed by atoms with van der Waals surface area (Å²) in [5, 5.41) is 0.526. The van der Waals surface area contributed by atoms with Crippen LogP contribution >= 0.6 is 11.6 Å². The number of hydrogen-bond donors (Lipinski definition) is 1. The molecule has 0 bridgehead atoms. The van der Waals surface area contributed by atoms with Crippen molar-refractivity contribution in [2.45, 2.75) is 50.1 Å². The van der Waals surface area contributed by atoms with Crippen molar-refractivity contribution in [3.8, 4) is 0 Å². The maximum Gasteiger partial charge on any atom is 0.241 e. The van der Waals surface area contributed by atoms with Crippen molar-refractivity contribution in [1.29, 1.82) is 0 Å². The molecule has 0 unspecified atom stereocenters. The molecule has 1 aliphatic rings. The van der Waals surface area contributed by atoms with Gasteiger partial charge in [0.15, 0.2) is 5.78 Å². The van der Waals surface area contributed by atoms with Gasteiger partial charge in [0.1, 0.15) is 6.04 Å². The van der Waals surface area contributed by atoms with Crippen LogP contribution in [0.1, 0.15) is 38.7 Å². The van der Waals surface area contributed by atoms with Crippen LogP contribution in [0.4, 0.5) is 0 Å². The topological polar surface area (TPSA) is 83.6 Å².